The molecule has 2 aliphatic heterocycles. The zero-order valence-electron chi connectivity index (χ0n) is 13.6. The minimum atomic E-state index is -3.21. The summed E-state index contributed by atoms with van der Waals surface area (Å²) in [5, 5.41) is 18.2. The highest BCUT2D eigenvalue weighted by atomic mass is 32.2. The second-order valence-electron chi connectivity index (χ2n) is 6.46. The molecule has 0 radical (unpaired) electrons. The van der Waals surface area contributed by atoms with Gasteiger partial charge in [0.1, 0.15) is 11.0 Å². The van der Waals surface area contributed by atoms with E-state index >= 15 is 0 Å². The number of phenols is 1. The van der Waals surface area contributed by atoms with Crippen molar-refractivity contribution >= 4 is 15.9 Å². The van der Waals surface area contributed by atoms with Crippen molar-refractivity contribution in [1.82, 2.24) is 0 Å². The number of hydrogen-bond donors (Lipinski definition) is 2. The van der Waals surface area contributed by atoms with Gasteiger partial charge in [0.15, 0.2) is 9.84 Å². The van der Waals surface area contributed by atoms with E-state index in [1.807, 2.05) is 25.1 Å². The summed E-state index contributed by atoms with van der Waals surface area (Å²) in [5.74, 6) is 0.201. The number of allylic oxidation sites excluding steroid dienone is 1. The molecule has 0 aliphatic carbocycles. The summed E-state index contributed by atoms with van der Waals surface area (Å²) >= 11 is 0. The fourth-order valence-electron chi connectivity index (χ4n) is 3.43. The number of aliphatic hydroxyl groups excluding tert-OH is 1. The molecule has 5 nitrogen and oxygen atoms in total. The fourth-order valence-corrected chi connectivity index (χ4v) is 5.37. The number of ether oxygens (including phenoxy) is 1. The molecule has 1 fully saturated rings. The van der Waals surface area contributed by atoms with Crippen molar-refractivity contribution in [3.8, 4) is 5.75 Å². The van der Waals surface area contributed by atoms with E-state index in [0.29, 0.717) is 12.0 Å². The Bertz CT molecular complexity index is 774. The van der Waals surface area contributed by atoms with E-state index in [-0.39, 0.29) is 30.8 Å². The second kappa shape index (κ2) is 6.70. The Morgan fingerprint density at radius 1 is 1.33 bits per heavy atom. The number of rotatable bonds is 5. The largest absolute Gasteiger partial charge is 0.508 e. The maximum Gasteiger partial charge on any atom is 0.163 e. The maximum atomic E-state index is 12.1. The molecule has 2 atom stereocenters. The average Bonchev–Trinajstić information content (AvgIpc) is 3.07. The van der Waals surface area contributed by atoms with Crippen LogP contribution in [0.3, 0.4) is 0 Å². The maximum absolute atomic E-state index is 12.1. The van der Waals surface area contributed by atoms with Gasteiger partial charge in [0.2, 0.25) is 0 Å². The number of phenolic OH excluding ortho intramolecular Hbond substituents is 1. The quantitative estimate of drug-likeness (QED) is 0.794. The van der Waals surface area contributed by atoms with Gasteiger partial charge in [-0.2, -0.15) is 0 Å². The summed E-state index contributed by atoms with van der Waals surface area (Å²) in [5.41, 5.74) is 3.56. The van der Waals surface area contributed by atoms with Gasteiger partial charge in [0.05, 0.1) is 25.1 Å². The molecule has 2 N–H and O–H groups in total. The predicted molar refractivity (Wildman–Crippen MR) is 92.4 cm³/mol. The molecule has 0 bridgehead atoms. The van der Waals surface area contributed by atoms with Crippen molar-refractivity contribution in [3.05, 3.63) is 46.5 Å². The molecule has 0 spiro atoms. The molecule has 130 valence electrons. The second-order valence-corrected chi connectivity index (χ2v) is 8.64. The first-order chi connectivity index (χ1) is 11.4. The molecule has 0 saturated carbocycles. The smallest absolute Gasteiger partial charge is 0.163 e. The highest BCUT2D eigenvalue weighted by Crippen LogP contribution is 2.38. The third-order valence-corrected chi connectivity index (χ3v) is 6.67. The highest BCUT2D eigenvalue weighted by Gasteiger charge is 2.46. The molecule has 1 aromatic rings. The standard InChI is InChI=1S/C18H22O5S/c1-12(8-13-3-5-15(20)6-4-13)2-7-16-18-14(9-19)11-24(21,22)17(18)10-23-16/h3-6,8,16-17,19-20H,2,7,9-11H2,1H3/b12-8+/t16-,17+/m1/s1. The van der Waals surface area contributed by atoms with Gasteiger partial charge >= 0.3 is 0 Å². The SMILES string of the molecule is C/C(=C\c1ccc(O)cc1)CC[C@H]1OC[C@H]2C1=C(CO)CS2(=O)=O. The average molecular weight is 350 g/mol. The molecule has 0 aromatic heterocycles. The normalized spacial score (nSPS) is 26.0. The Balaban J connectivity index is 1.68. The van der Waals surface area contributed by atoms with Gasteiger partial charge in [-0.05, 0) is 48.6 Å². The number of benzene rings is 1. The van der Waals surface area contributed by atoms with Crippen molar-refractivity contribution < 1.29 is 23.4 Å². The lowest BCUT2D eigenvalue weighted by Gasteiger charge is -2.13. The van der Waals surface area contributed by atoms with E-state index in [4.69, 9.17) is 4.74 Å². The van der Waals surface area contributed by atoms with Crippen molar-refractivity contribution in [3.63, 3.8) is 0 Å². The lowest BCUT2D eigenvalue weighted by molar-refractivity contribution is 0.117. The van der Waals surface area contributed by atoms with Crippen molar-refractivity contribution in [2.24, 2.45) is 0 Å². The van der Waals surface area contributed by atoms with Gasteiger partial charge in [0, 0.05) is 0 Å². The lowest BCUT2D eigenvalue weighted by Crippen LogP contribution is -2.19. The molecule has 2 aliphatic rings. The molecule has 0 amide bonds. The van der Waals surface area contributed by atoms with Crippen molar-refractivity contribution in [1.29, 1.82) is 0 Å². The van der Waals surface area contributed by atoms with Crippen LogP contribution < -0.4 is 0 Å². The molecule has 24 heavy (non-hydrogen) atoms. The van der Waals surface area contributed by atoms with Crippen molar-refractivity contribution in [2.45, 2.75) is 31.1 Å². The van der Waals surface area contributed by atoms with Crippen LogP contribution in [-0.2, 0) is 14.6 Å². The van der Waals surface area contributed by atoms with E-state index < -0.39 is 15.1 Å². The monoisotopic (exact) mass is 350 g/mol. The van der Waals surface area contributed by atoms with Gasteiger partial charge in [-0.1, -0.05) is 23.8 Å². The number of sulfone groups is 1. The minimum Gasteiger partial charge on any atom is -0.508 e. The Hall–Kier alpha value is -1.63. The molecule has 3 rings (SSSR count). The predicted octanol–water partition coefficient (Wildman–Crippen LogP) is 2.06. The van der Waals surface area contributed by atoms with E-state index in [1.165, 1.54) is 0 Å². The topological polar surface area (TPSA) is 83.8 Å². The molecule has 1 saturated heterocycles. The van der Waals surface area contributed by atoms with Crippen LogP contribution in [-0.4, -0.2) is 49.0 Å². The van der Waals surface area contributed by atoms with E-state index in [0.717, 1.165) is 23.1 Å². The van der Waals surface area contributed by atoms with Gasteiger partial charge in [0.25, 0.3) is 0 Å². The molecule has 2 heterocycles. The van der Waals surface area contributed by atoms with Crippen LogP contribution >= 0.6 is 0 Å². The number of hydrogen-bond acceptors (Lipinski definition) is 5. The van der Waals surface area contributed by atoms with Crippen LogP contribution in [0, 0.1) is 0 Å². The Labute approximate surface area is 142 Å². The summed E-state index contributed by atoms with van der Waals surface area (Å²) in [6, 6.07) is 6.98. The summed E-state index contributed by atoms with van der Waals surface area (Å²) < 4.78 is 29.9. The third-order valence-electron chi connectivity index (χ3n) is 4.66. The van der Waals surface area contributed by atoms with Gasteiger partial charge in [-0.3, -0.25) is 0 Å². The van der Waals surface area contributed by atoms with Crippen LogP contribution in [0.5, 0.6) is 5.75 Å². The first kappa shape index (κ1) is 17.2. The summed E-state index contributed by atoms with van der Waals surface area (Å²) in [6.45, 7) is 2.01. The fraction of sp³-hybridized carbons (Fsp3) is 0.444. The third kappa shape index (κ3) is 3.41. The molecule has 0 unspecified atom stereocenters. The van der Waals surface area contributed by atoms with E-state index in [9.17, 15) is 18.6 Å². The van der Waals surface area contributed by atoms with Crippen molar-refractivity contribution in [2.75, 3.05) is 19.0 Å². The van der Waals surface area contributed by atoms with Crippen LogP contribution in [0.2, 0.25) is 0 Å². The number of aliphatic hydroxyl groups is 1. The Morgan fingerprint density at radius 2 is 2.04 bits per heavy atom. The summed E-state index contributed by atoms with van der Waals surface area (Å²) in [4.78, 5) is 0. The minimum absolute atomic E-state index is 0.0360. The molecular formula is C18H22O5S. The zero-order valence-corrected chi connectivity index (χ0v) is 14.4. The number of fused-ring (bicyclic) bond motifs is 1. The lowest BCUT2D eigenvalue weighted by atomic mass is 9.97. The van der Waals surface area contributed by atoms with Crippen LogP contribution in [0.1, 0.15) is 25.3 Å². The first-order valence-corrected chi connectivity index (χ1v) is 9.74. The van der Waals surface area contributed by atoms with Gasteiger partial charge in [-0.25, -0.2) is 8.42 Å². The van der Waals surface area contributed by atoms with Crippen LogP contribution in [0.15, 0.2) is 41.0 Å². The summed E-state index contributed by atoms with van der Waals surface area (Å²) in [7, 11) is -3.21. The van der Waals surface area contributed by atoms with Crippen LogP contribution in [0.4, 0.5) is 0 Å². The van der Waals surface area contributed by atoms with E-state index in [1.54, 1.807) is 12.1 Å². The Kier molecular flexibility index (Phi) is 4.80. The first-order valence-electron chi connectivity index (χ1n) is 8.03. The zero-order chi connectivity index (χ0) is 17.3. The highest BCUT2D eigenvalue weighted by molar-refractivity contribution is 7.92. The summed E-state index contributed by atoms with van der Waals surface area (Å²) in [6.07, 6.45) is 3.29. The number of aromatic hydroxyl groups is 1. The molecular weight excluding hydrogens is 328 g/mol. The van der Waals surface area contributed by atoms with Gasteiger partial charge in [-0.15, -0.1) is 0 Å². The van der Waals surface area contributed by atoms with E-state index in [2.05, 4.69) is 0 Å². The van der Waals surface area contributed by atoms with Crippen LogP contribution in [0.25, 0.3) is 6.08 Å². The molecule has 1 aromatic carbocycles. The Morgan fingerprint density at radius 3 is 2.71 bits per heavy atom. The van der Waals surface area contributed by atoms with Gasteiger partial charge < -0.3 is 14.9 Å². The molecule has 6 heteroatoms.